The molecule has 0 bridgehead atoms. The molecule has 0 atom stereocenters. The summed E-state index contributed by atoms with van der Waals surface area (Å²) in [5.41, 5.74) is 0.932. The lowest BCUT2D eigenvalue weighted by Crippen LogP contribution is -2.35. The molecule has 1 heterocycles. The van der Waals surface area contributed by atoms with Gasteiger partial charge in [-0.3, -0.25) is 4.79 Å². The Morgan fingerprint density at radius 2 is 2.04 bits per heavy atom. The number of benzene rings is 1. The van der Waals surface area contributed by atoms with E-state index in [1.807, 2.05) is 35.8 Å². The molecule has 1 aromatic heterocycles. The maximum absolute atomic E-state index is 12.3. The van der Waals surface area contributed by atoms with E-state index in [0.717, 1.165) is 35.9 Å². The molecule has 1 aliphatic carbocycles. The summed E-state index contributed by atoms with van der Waals surface area (Å²) >= 11 is 7.53. The zero-order chi connectivity index (χ0) is 18.4. The Bertz CT molecular complexity index is 741. The molecule has 0 saturated heterocycles. The van der Waals surface area contributed by atoms with Crippen molar-refractivity contribution < 1.29 is 4.79 Å². The Morgan fingerprint density at radius 1 is 1.27 bits per heavy atom. The van der Waals surface area contributed by atoms with Gasteiger partial charge in [-0.25, -0.2) is 0 Å². The van der Waals surface area contributed by atoms with Crippen molar-refractivity contribution in [1.82, 2.24) is 20.1 Å². The van der Waals surface area contributed by atoms with Gasteiger partial charge in [0, 0.05) is 23.2 Å². The molecule has 26 heavy (non-hydrogen) atoms. The number of thioether (sulfide) groups is 1. The maximum atomic E-state index is 12.3. The highest BCUT2D eigenvalue weighted by atomic mass is 35.5. The van der Waals surface area contributed by atoms with Gasteiger partial charge in [-0.15, -0.1) is 10.2 Å². The van der Waals surface area contributed by atoms with Crippen molar-refractivity contribution in [3.63, 3.8) is 0 Å². The van der Waals surface area contributed by atoms with Crippen LogP contribution in [0.1, 0.15) is 45.4 Å². The molecule has 0 radical (unpaired) electrons. The van der Waals surface area contributed by atoms with Crippen LogP contribution in [0.4, 0.5) is 0 Å². The van der Waals surface area contributed by atoms with Crippen molar-refractivity contribution in [3.05, 3.63) is 29.3 Å². The highest BCUT2D eigenvalue weighted by Crippen LogP contribution is 2.26. The number of nitrogens with zero attached hydrogens (tertiary/aromatic N) is 3. The van der Waals surface area contributed by atoms with Gasteiger partial charge in [0.05, 0.1) is 5.75 Å². The lowest BCUT2D eigenvalue weighted by atomic mass is 10.1. The van der Waals surface area contributed by atoms with Crippen LogP contribution in [-0.2, 0) is 11.3 Å². The molecule has 3 rings (SSSR count). The average Bonchev–Trinajstić information content (AvgIpc) is 2.88. The Hall–Kier alpha value is -1.53. The van der Waals surface area contributed by atoms with Gasteiger partial charge in [-0.1, -0.05) is 61.2 Å². The zero-order valence-electron chi connectivity index (χ0n) is 15.1. The quantitative estimate of drug-likeness (QED) is 0.578. The monoisotopic (exact) mass is 392 g/mol. The molecule has 1 aromatic carbocycles. The second-order valence-electron chi connectivity index (χ2n) is 6.61. The summed E-state index contributed by atoms with van der Waals surface area (Å²) in [6, 6.07) is 7.92. The van der Waals surface area contributed by atoms with E-state index in [-0.39, 0.29) is 5.91 Å². The maximum Gasteiger partial charge on any atom is 0.230 e. The third kappa shape index (κ3) is 5.01. The van der Waals surface area contributed by atoms with E-state index < -0.39 is 0 Å². The fourth-order valence-electron chi connectivity index (χ4n) is 3.34. The second kappa shape index (κ2) is 9.42. The van der Waals surface area contributed by atoms with E-state index in [9.17, 15) is 4.79 Å². The van der Waals surface area contributed by atoms with Crippen LogP contribution in [0.2, 0.25) is 5.02 Å². The molecule has 2 aromatic rings. The third-order valence-corrected chi connectivity index (χ3v) is 5.87. The normalized spacial score (nSPS) is 15.6. The predicted octanol–water partition coefficient (Wildman–Crippen LogP) is 4.55. The Morgan fingerprint density at radius 3 is 2.73 bits per heavy atom. The third-order valence-electron chi connectivity index (χ3n) is 4.67. The van der Waals surface area contributed by atoms with Gasteiger partial charge in [0.1, 0.15) is 0 Å². The molecular weight excluding hydrogens is 368 g/mol. The topological polar surface area (TPSA) is 59.8 Å². The van der Waals surface area contributed by atoms with E-state index in [2.05, 4.69) is 15.5 Å². The molecule has 140 valence electrons. The molecule has 0 aliphatic heterocycles. The summed E-state index contributed by atoms with van der Waals surface area (Å²) in [4.78, 5) is 12.3. The standard InChI is InChI=1S/C19H25ClN4OS/c1-2-24-18(14-8-7-9-15(20)12-14)22-23-19(24)26-13-17(25)21-16-10-5-3-4-6-11-16/h7-9,12,16H,2-6,10-11,13H2,1H3,(H,21,25). The molecule has 5 nitrogen and oxygen atoms in total. The molecule has 1 fully saturated rings. The molecule has 0 unspecified atom stereocenters. The average molecular weight is 393 g/mol. The van der Waals surface area contributed by atoms with Crippen LogP contribution in [0.25, 0.3) is 11.4 Å². The van der Waals surface area contributed by atoms with Gasteiger partial charge < -0.3 is 9.88 Å². The number of carbonyl (C=O) groups excluding carboxylic acids is 1. The van der Waals surface area contributed by atoms with Crippen LogP contribution in [0.15, 0.2) is 29.4 Å². The van der Waals surface area contributed by atoms with Crippen molar-refractivity contribution in [2.75, 3.05) is 5.75 Å². The molecule has 1 amide bonds. The summed E-state index contributed by atoms with van der Waals surface area (Å²) in [6.07, 6.45) is 7.19. The summed E-state index contributed by atoms with van der Waals surface area (Å²) in [6.45, 7) is 2.79. The molecule has 7 heteroatoms. The molecule has 1 aliphatic rings. The first-order chi connectivity index (χ1) is 12.7. The lowest BCUT2D eigenvalue weighted by molar-refractivity contribution is -0.119. The van der Waals surface area contributed by atoms with Crippen LogP contribution < -0.4 is 5.32 Å². The molecule has 1 saturated carbocycles. The minimum atomic E-state index is 0.0804. The van der Waals surface area contributed by atoms with E-state index in [0.29, 0.717) is 16.8 Å². The Balaban J connectivity index is 1.62. The number of hydrogen-bond acceptors (Lipinski definition) is 4. The zero-order valence-corrected chi connectivity index (χ0v) is 16.7. The van der Waals surface area contributed by atoms with Crippen LogP contribution in [0.5, 0.6) is 0 Å². The van der Waals surface area contributed by atoms with Gasteiger partial charge in [-0.2, -0.15) is 0 Å². The summed E-state index contributed by atoms with van der Waals surface area (Å²) in [5, 5.41) is 13.2. The first-order valence-corrected chi connectivity index (χ1v) is 10.6. The number of aromatic nitrogens is 3. The summed E-state index contributed by atoms with van der Waals surface area (Å²) in [5.74, 6) is 1.23. The summed E-state index contributed by atoms with van der Waals surface area (Å²) in [7, 11) is 0. The smallest absolute Gasteiger partial charge is 0.230 e. The van der Waals surface area contributed by atoms with E-state index in [4.69, 9.17) is 11.6 Å². The van der Waals surface area contributed by atoms with E-state index >= 15 is 0 Å². The van der Waals surface area contributed by atoms with Crippen LogP contribution in [0.3, 0.4) is 0 Å². The van der Waals surface area contributed by atoms with Gasteiger partial charge in [0.2, 0.25) is 5.91 Å². The minimum Gasteiger partial charge on any atom is -0.353 e. The van der Waals surface area contributed by atoms with Crippen LogP contribution >= 0.6 is 23.4 Å². The fraction of sp³-hybridized carbons (Fsp3) is 0.526. The Labute approximate surface area is 163 Å². The second-order valence-corrected chi connectivity index (χ2v) is 7.98. The van der Waals surface area contributed by atoms with E-state index in [1.165, 1.54) is 37.4 Å². The summed E-state index contributed by atoms with van der Waals surface area (Å²) < 4.78 is 2.02. The SMILES string of the molecule is CCn1c(SCC(=O)NC2CCCCCC2)nnc1-c1cccc(Cl)c1. The fourth-order valence-corrected chi connectivity index (χ4v) is 4.35. The lowest BCUT2D eigenvalue weighted by Gasteiger charge is -2.16. The number of nitrogens with one attached hydrogen (secondary N) is 1. The Kier molecular flexibility index (Phi) is 6.97. The van der Waals surface area contributed by atoms with Gasteiger partial charge in [-0.05, 0) is 31.9 Å². The number of halogens is 1. The highest BCUT2D eigenvalue weighted by Gasteiger charge is 2.17. The van der Waals surface area contributed by atoms with Crippen molar-refractivity contribution in [2.45, 2.75) is 63.2 Å². The molecule has 0 spiro atoms. The van der Waals surface area contributed by atoms with Crippen molar-refractivity contribution in [1.29, 1.82) is 0 Å². The number of rotatable bonds is 6. The first kappa shape index (κ1) is 19.2. The molecular formula is C19H25ClN4OS. The predicted molar refractivity (Wildman–Crippen MR) is 106 cm³/mol. The van der Waals surface area contributed by atoms with E-state index in [1.54, 1.807) is 0 Å². The van der Waals surface area contributed by atoms with Gasteiger partial charge in [0.15, 0.2) is 11.0 Å². The van der Waals surface area contributed by atoms with Crippen LogP contribution in [-0.4, -0.2) is 32.5 Å². The number of amides is 1. The number of hydrogen-bond donors (Lipinski definition) is 1. The van der Waals surface area contributed by atoms with Gasteiger partial charge >= 0.3 is 0 Å². The molecule has 1 N–H and O–H groups in total. The van der Waals surface area contributed by atoms with Crippen LogP contribution in [0, 0.1) is 0 Å². The van der Waals surface area contributed by atoms with Crippen molar-refractivity contribution in [2.24, 2.45) is 0 Å². The van der Waals surface area contributed by atoms with Gasteiger partial charge in [0.25, 0.3) is 0 Å². The highest BCUT2D eigenvalue weighted by molar-refractivity contribution is 7.99. The number of carbonyl (C=O) groups is 1. The first-order valence-electron chi connectivity index (χ1n) is 9.28. The largest absolute Gasteiger partial charge is 0.353 e. The van der Waals surface area contributed by atoms with Crippen molar-refractivity contribution in [3.8, 4) is 11.4 Å². The minimum absolute atomic E-state index is 0.0804. The van der Waals surface area contributed by atoms with Crippen molar-refractivity contribution >= 4 is 29.3 Å².